The number of benzene rings is 1. The van der Waals surface area contributed by atoms with Crippen LogP contribution in [0.5, 0.6) is 0 Å². The first-order valence-electron chi connectivity index (χ1n) is 7.13. The number of para-hydroxylation sites is 1. The highest BCUT2D eigenvalue weighted by molar-refractivity contribution is 5.58. The number of methoxy groups -OCH3 is 1. The molecule has 20 heavy (non-hydrogen) atoms. The monoisotopic (exact) mass is 273 g/mol. The lowest BCUT2D eigenvalue weighted by molar-refractivity contribution is 0.163. The highest BCUT2D eigenvalue weighted by atomic mass is 16.5. The SMILES string of the molecule is CCCc1ccccc1Nc1nccn1C(C)COC. The Labute approximate surface area is 120 Å². The molecule has 2 aromatic rings. The van der Waals surface area contributed by atoms with Gasteiger partial charge in [0, 0.05) is 25.2 Å². The molecule has 0 saturated heterocycles. The lowest BCUT2D eigenvalue weighted by Crippen LogP contribution is -2.13. The Balaban J connectivity index is 2.20. The van der Waals surface area contributed by atoms with Gasteiger partial charge in [-0.1, -0.05) is 31.5 Å². The molecule has 4 nitrogen and oxygen atoms in total. The van der Waals surface area contributed by atoms with Gasteiger partial charge in [0.15, 0.2) is 0 Å². The van der Waals surface area contributed by atoms with Gasteiger partial charge in [-0.05, 0) is 25.0 Å². The van der Waals surface area contributed by atoms with E-state index in [1.165, 1.54) is 5.56 Å². The molecule has 0 aliphatic rings. The summed E-state index contributed by atoms with van der Waals surface area (Å²) in [4.78, 5) is 4.41. The van der Waals surface area contributed by atoms with Crippen molar-refractivity contribution in [1.29, 1.82) is 0 Å². The van der Waals surface area contributed by atoms with Gasteiger partial charge in [0.2, 0.25) is 5.95 Å². The van der Waals surface area contributed by atoms with E-state index in [9.17, 15) is 0 Å². The Bertz CT molecular complexity index is 536. The van der Waals surface area contributed by atoms with Crippen LogP contribution in [0, 0.1) is 0 Å². The van der Waals surface area contributed by atoms with Gasteiger partial charge in [-0.15, -0.1) is 0 Å². The Morgan fingerprint density at radius 3 is 2.90 bits per heavy atom. The lowest BCUT2D eigenvalue weighted by atomic mass is 10.1. The minimum atomic E-state index is 0.253. The third kappa shape index (κ3) is 3.39. The molecule has 0 saturated carbocycles. The van der Waals surface area contributed by atoms with Gasteiger partial charge in [-0.2, -0.15) is 0 Å². The van der Waals surface area contributed by atoms with Crippen LogP contribution in [0.2, 0.25) is 0 Å². The Morgan fingerprint density at radius 2 is 2.15 bits per heavy atom. The van der Waals surface area contributed by atoms with Crippen molar-refractivity contribution < 1.29 is 4.74 Å². The normalized spacial score (nSPS) is 12.3. The van der Waals surface area contributed by atoms with Gasteiger partial charge in [0.05, 0.1) is 12.6 Å². The summed E-state index contributed by atoms with van der Waals surface area (Å²) in [6.07, 6.45) is 6.00. The topological polar surface area (TPSA) is 39.1 Å². The third-order valence-corrected chi connectivity index (χ3v) is 3.33. The van der Waals surface area contributed by atoms with Crippen LogP contribution in [0.3, 0.4) is 0 Å². The van der Waals surface area contributed by atoms with Gasteiger partial charge in [-0.3, -0.25) is 0 Å². The number of imidazole rings is 1. The minimum absolute atomic E-state index is 0.253. The van der Waals surface area contributed by atoms with Crippen LogP contribution >= 0.6 is 0 Å². The maximum absolute atomic E-state index is 5.22. The van der Waals surface area contributed by atoms with Crippen LogP contribution in [-0.2, 0) is 11.2 Å². The second-order valence-corrected chi connectivity index (χ2v) is 4.99. The first kappa shape index (κ1) is 14.6. The number of rotatable bonds is 7. The van der Waals surface area contributed by atoms with E-state index in [1.807, 2.05) is 18.5 Å². The zero-order chi connectivity index (χ0) is 14.4. The van der Waals surface area contributed by atoms with Crippen LogP contribution in [0.4, 0.5) is 11.6 Å². The van der Waals surface area contributed by atoms with E-state index in [4.69, 9.17) is 4.74 Å². The van der Waals surface area contributed by atoms with Gasteiger partial charge >= 0.3 is 0 Å². The first-order chi connectivity index (χ1) is 9.76. The van der Waals surface area contributed by atoms with E-state index in [0.29, 0.717) is 6.61 Å². The van der Waals surface area contributed by atoms with Crippen LogP contribution in [-0.4, -0.2) is 23.3 Å². The van der Waals surface area contributed by atoms with Crippen molar-refractivity contribution in [3.8, 4) is 0 Å². The quantitative estimate of drug-likeness (QED) is 0.834. The van der Waals surface area contributed by atoms with Crippen LogP contribution in [0.25, 0.3) is 0 Å². The lowest BCUT2D eigenvalue weighted by Gasteiger charge is -2.17. The van der Waals surface area contributed by atoms with Gasteiger partial charge in [0.1, 0.15) is 0 Å². The molecule has 108 valence electrons. The van der Waals surface area contributed by atoms with Crippen molar-refractivity contribution in [1.82, 2.24) is 9.55 Å². The maximum Gasteiger partial charge on any atom is 0.207 e. The summed E-state index contributed by atoms with van der Waals surface area (Å²) in [5, 5.41) is 3.44. The van der Waals surface area contributed by atoms with E-state index in [2.05, 4.69) is 46.9 Å². The molecule has 1 aromatic carbocycles. The fraction of sp³-hybridized carbons (Fsp3) is 0.438. The Morgan fingerprint density at radius 1 is 1.35 bits per heavy atom. The van der Waals surface area contributed by atoms with E-state index in [-0.39, 0.29) is 6.04 Å². The molecular weight excluding hydrogens is 250 g/mol. The van der Waals surface area contributed by atoms with Crippen molar-refractivity contribution in [3.05, 3.63) is 42.2 Å². The second-order valence-electron chi connectivity index (χ2n) is 4.99. The smallest absolute Gasteiger partial charge is 0.207 e. The molecule has 1 aromatic heterocycles. The van der Waals surface area contributed by atoms with Crippen molar-refractivity contribution in [2.45, 2.75) is 32.7 Å². The summed E-state index contributed by atoms with van der Waals surface area (Å²) in [6.45, 7) is 4.98. The number of anilines is 2. The van der Waals surface area contributed by atoms with Crippen LogP contribution in [0.15, 0.2) is 36.7 Å². The summed E-state index contributed by atoms with van der Waals surface area (Å²) >= 11 is 0. The summed E-state index contributed by atoms with van der Waals surface area (Å²) in [7, 11) is 1.72. The second kappa shape index (κ2) is 7.10. The minimum Gasteiger partial charge on any atom is -0.383 e. The summed E-state index contributed by atoms with van der Waals surface area (Å²) < 4.78 is 7.32. The molecule has 0 radical (unpaired) electrons. The molecule has 1 heterocycles. The highest BCUT2D eigenvalue weighted by Crippen LogP contribution is 2.23. The summed E-state index contributed by atoms with van der Waals surface area (Å²) in [5.74, 6) is 0.859. The average Bonchev–Trinajstić information content (AvgIpc) is 2.90. The van der Waals surface area contributed by atoms with Crippen molar-refractivity contribution >= 4 is 11.6 Å². The summed E-state index contributed by atoms with van der Waals surface area (Å²) in [6, 6.07) is 8.65. The molecule has 0 fully saturated rings. The molecule has 0 aliphatic carbocycles. The molecule has 1 unspecified atom stereocenters. The largest absolute Gasteiger partial charge is 0.383 e. The van der Waals surface area contributed by atoms with Crippen molar-refractivity contribution in [2.75, 3.05) is 19.0 Å². The molecular formula is C16H23N3O. The first-order valence-corrected chi connectivity index (χ1v) is 7.13. The van der Waals surface area contributed by atoms with E-state index in [1.54, 1.807) is 7.11 Å². The number of ether oxygens (including phenoxy) is 1. The fourth-order valence-corrected chi connectivity index (χ4v) is 2.34. The Kier molecular flexibility index (Phi) is 5.18. The zero-order valence-electron chi connectivity index (χ0n) is 12.5. The van der Waals surface area contributed by atoms with Crippen LogP contribution in [0.1, 0.15) is 31.9 Å². The maximum atomic E-state index is 5.22. The number of nitrogens with zero attached hydrogens (tertiary/aromatic N) is 2. The molecule has 2 rings (SSSR count). The third-order valence-electron chi connectivity index (χ3n) is 3.33. The van der Waals surface area contributed by atoms with Gasteiger partial charge < -0.3 is 14.6 Å². The van der Waals surface area contributed by atoms with E-state index in [0.717, 1.165) is 24.5 Å². The number of hydrogen-bond donors (Lipinski definition) is 1. The van der Waals surface area contributed by atoms with Gasteiger partial charge in [0.25, 0.3) is 0 Å². The van der Waals surface area contributed by atoms with Crippen molar-refractivity contribution in [3.63, 3.8) is 0 Å². The van der Waals surface area contributed by atoms with Crippen LogP contribution < -0.4 is 5.32 Å². The van der Waals surface area contributed by atoms with Crippen molar-refractivity contribution in [2.24, 2.45) is 0 Å². The van der Waals surface area contributed by atoms with Gasteiger partial charge in [-0.25, -0.2) is 4.98 Å². The molecule has 4 heteroatoms. The standard InChI is InChI=1S/C16H23N3O/c1-4-7-14-8-5-6-9-15(14)18-16-17-10-11-19(16)13(2)12-20-3/h5-6,8-11,13H,4,7,12H2,1-3H3,(H,17,18). The fourth-order valence-electron chi connectivity index (χ4n) is 2.34. The molecule has 0 amide bonds. The number of nitrogens with one attached hydrogen (secondary N) is 1. The predicted molar refractivity (Wildman–Crippen MR) is 82.5 cm³/mol. The summed E-state index contributed by atoms with van der Waals surface area (Å²) in [5.41, 5.74) is 2.45. The Hall–Kier alpha value is -1.81. The number of aryl methyl sites for hydroxylation is 1. The zero-order valence-corrected chi connectivity index (χ0v) is 12.5. The highest BCUT2D eigenvalue weighted by Gasteiger charge is 2.11. The number of hydrogen-bond acceptors (Lipinski definition) is 3. The molecule has 0 spiro atoms. The molecule has 1 atom stereocenters. The van der Waals surface area contributed by atoms with E-state index < -0.39 is 0 Å². The average molecular weight is 273 g/mol. The predicted octanol–water partition coefficient (Wildman–Crippen LogP) is 3.79. The molecule has 0 aliphatic heterocycles. The number of aromatic nitrogens is 2. The van der Waals surface area contributed by atoms with E-state index >= 15 is 0 Å². The molecule has 1 N–H and O–H groups in total. The molecule has 0 bridgehead atoms.